The Morgan fingerprint density at radius 3 is 2.61 bits per heavy atom. The Kier molecular flexibility index (Phi) is 4.75. The molecule has 0 aliphatic heterocycles. The van der Waals surface area contributed by atoms with Crippen LogP contribution in [0.3, 0.4) is 0 Å². The zero-order chi connectivity index (χ0) is 17.1. The molecular formula is C15H16N2O6. The van der Waals surface area contributed by atoms with Crippen LogP contribution in [-0.4, -0.2) is 33.6 Å². The number of hydrogen-bond donors (Lipinski definition) is 3. The minimum atomic E-state index is -1.14. The van der Waals surface area contributed by atoms with Gasteiger partial charge in [0.25, 0.3) is 5.69 Å². The van der Waals surface area contributed by atoms with Gasteiger partial charge in [-0.1, -0.05) is 0 Å². The van der Waals surface area contributed by atoms with Gasteiger partial charge in [0.2, 0.25) is 5.91 Å². The summed E-state index contributed by atoms with van der Waals surface area (Å²) >= 11 is 0. The molecule has 0 spiro atoms. The van der Waals surface area contributed by atoms with Gasteiger partial charge in [0.15, 0.2) is 0 Å². The number of carboxylic acids is 1. The van der Waals surface area contributed by atoms with E-state index in [1.54, 1.807) is 6.07 Å². The Morgan fingerprint density at radius 2 is 2.09 bits per heavy atom. The number of carboxylic acid groups (broad SMARTS) is 1. The normalized spacial score (nSPS) is 13.0. The zero-order valence-electron chi connectivity index (χ0n) is 12.5. The Morgan fingerprint density at radius 1 is 1.39 bits per heavy atom. The van der Waals surface area contributed by atoms with Gasteiger partial charge >= 0.3 is 5.97 Å². The number of nitro benzene ring substituents is 1. The van der Waals surface area contributed by atoms with Gasteiger partial charge in [-0.05, 0) is 29.2 Å². The third-order valence-electron chi connectivity index (χ3n) is 3.72. The Labute approximate surface area is 131 Å². The Balaban J connectivity index is 2.49. The molecule has 1 aromatic rings. The van der Waals surface area contributed by atoms with Crippen LogP contribution in [0.15, 0.2) is 17.7 Å². The SMILES string of the molecule is CC(=O)NCCC1=C(C(=O)O)Cc2c1cc(CO)cc2[N+](=O)[O-]. The minimum absolute atomic E-state index is 0.0396. The largest absolute Gasteiger partial charge is 0.478 e. The van der Waals surface area contributed by atoms with Gasteiger partial charge < -0.3 is 15.5 Å². The van der Waals surface area contributed by atoms with E-state index in [9.17, 15) is 29.9 Å². The summed E-state index contributed by atoms with van der Waals surface area (Å²) in [4.78, 5) is 33.0. The lowest BCUT2D eigenvalue weighted by Gasteiger charge is -2.09. The smallest absolute Gasteiger partial charge is 0.332 e. The van der Waals surface area contributed by atoms with Gasteiger partial charge in [0.1, 0.15) is 0 Å². The lowest BCUT2D eigenvalue weighted by atomic mass is 9.98. The molecule has 2 rings (SSSR count). The number of rotatable bonds is 6. The number of nitro groups is 1. The highest BCUT2D eigenvalue weighted by Gasteiger charge is 2.32. The van der Waals surface area contributed by atoms with E-state index in [1.165, 1.54) is 13.0 Å². The lowest BCUT2D eigenvalue weighted by Crippen LogP contribution is -2.21. The molecule has 0 atom stereocenters. The molecule has 3 N–H and O–H groups in total. The number of carbonyl (C=O) groups is 2. The molecule has 1 amide bonds. The van der Waals surface area contributed by atoms with E-state index < -0.39 is 10.9 Å². The van der Waals surface area contributed by atoms with Crippen molar-refractivity contribution in [2.45, 2.75) is 26.4 Å². The number of amides is 1. The van der Waals surface area contributed by atoms with Crippen LogP contribution in [-0.2, 0) is 22.6 Å². The molecule has 0 saturated heterocycles. The topological polar surface area (TPSA) is 130 Å². The third kappa shape index (κ3) is 3.37. The van der Waals surface area contributed by atoms with Gasteiger partial charge in [-0.2, -0.15) is 0 Å². The first-order chi connectivity index (χ1) is 10.8. The van der Waals surface area contributed by atoms with Crippen LogP contribution in [0.4, 0.5) is 5.69 Å². The van der Waals surface area contributed by atoms with Crippen molar-refractivity contribution in [2.75, 3.05) is 6.54 Å². The maximum atomic E-state index is 11.4. The number of aliphatic hydroxyl groups is 1. The van der Waals surface area contributed by atoms with E-state index in [0.29, 0.717) is 22.3 Å². The summed E-state index contributed by atoms with van der Waals surface area (Å²) < 4.78 is 0. The zero-order valence-corrected chi connectivity index (χ0v) is 12.5. The molecule has 0 bridgehead atoms. The molecule has 8 heteroatoms. The summed E-state index contributed by atoms with van der Waals surface area (Å²) in [5, 5.41) is 32.4. The van der Waals surface area contributed by atoms with Crippen LogP contribution in [0.1, 0.15) is 30.0 Å². The quantitative estimate of drug-likeness (QED) is 0.530. The second-order valence-corrected chi connectivity index (χ2v) is 5.23. The highest BCUT2D eigenvalue weighted by molar-refractivity contribution is 6.01. The average Bonchev–Trinajstić information content (AvgIpc) is 2.84. The first-order valence-electron chi connectivity index (χ1n) is 6.96. The third-order valence-corrected chi connectivity index (χ3v) is 3.72. The number of aliphatic carboxylic acids is 1. The van der Waals surface area contributed by atoms with Crippen molar-refractivity contribution in [1.29, 1.82) is 0 Å². The number of fused-ring (bicyclic) bond motifs is 1. The molecule has 122 valence electrons. The van der Waals surface area contributed by atoms with Crippen molar-refractivity contribution in [3.8, 4) is 0 Å². The molecule has 23 heavy (non-hydrogen) atoms. The fourth-order valence-electron chi connectivity index (χ4n) is 2.72. The van der Waals surface area contributed by atoms with Crippen molar-refractivity contribution in [3.63, 3.8) is 0 Å². The number of hydrogen-bond acceptors (Lipinski definition) is 5. The molecule has 0 fully saturated rings. The van der Waals surface area contributed by atoms with E-state index in [4.69, 9.17) is 0 Å². The summed E-state index contributed by atoms with van der Waals surface area (Å²) in [7, 11) is 0. The summed E-state index contributed by atoms with van der Waals surface area (Å²) in [6.07, 6.45) is 0.211. The Bertz CT molecular complexity index is 723. The average molecular weight is 320 g/mol. The Hall–Kier alpha value is -2.74. The fourth-order valence-corrected chi connectivity index (χ4v) is 2.72. The molecule has 8 nitrogen and oxygen atoms in total. The molecule has 1 aromatic carbocycles. The first kappa shape index (κ1) is 16.6. The highest BCUT2D eigenvalue weighted by Crippen LogP contribution is 2.40. The van der Waals surface area contributed by atoms with Gasteiger partial charge in [-0.15, -0.1) is 0 Å². The van der Waals surface area contributed by atoms with E-state index >= 15 is 0 Å². The number of carbonyl (C=O) groups excluding carboxylic acids is 1. The van der Waals surface area contributed by atoms with Crippen LogP contribution in [0.2, 0.25) is 0 Å². The highest BCUT2D eigenvalue weighted by atomic mass is 16.6. The molecule has 0 radical (unpaired) electrons. The van der Waals surface area contributed by atoms with Crippen molar-refractivity contribution in [1.82, 2.24) is 5.32 Å². The molecular weight excluding hydrogens is 304 g/mol. The molecule has 0 unspecified atom stereocenters. The first-order valence-corrected chi connectivity index (χ1v) is 6.96. The maximum absolute atomic E-state index is 11.4. The summed E-state index contributed by atoms with van der Waals surface area (Å²) in [6, 6.07) is 2.83. The predicted molar refractivity (Wildman–Crippen MR) is 80.6 cm³/mol. The second kappa shape index (κ2) is 6.57. The monoisotopic (exact) mass is 320 g/mol. The van der Waals surface area contributed by atoms with Crippen molar-refractivity contribution >= 4 is 23.1 Å². The summed E-state index contributed by atoms with van der Waals surface area (Å²) in [5.41, 5.74) is 1.50. The van der Waals surface area contributed by atoms with Crippen LogP contribution in [0.25, 0.3) is 5.57 Å². The number of nitrogens with zero attached hydrogens (tertiary/aromatic N) is 1. The van der Waals surface area contributed by atoms with Gasteiger partial charge in [0, 0.05) is 37.1 Å². The van der Waals surface area contributed by atoms with E-state index in [-0.39, 0.29) is 43.2 Å². The molecule has 1 aliphatic carbocycles. The van der Waals surface area contributed by atoms with E-state index in [2.05, 4.69) is 5.32 Å². The fraction of sp³-hybridized carbons (Fsp3) is 0.333. The number of benzene rings is 1. The lowest BCUT2D eigenvalue weighted by molar-refractivity contribution is -0.385. The van der Waals surface area contributed by atoms with Crippen LogP contribution < -0.4 is 5.32 Å². The van der Waals surface area contributed by atoms with Gasteiger partial charge in [0.05, 0.1) is 11.5 Å². The van der Waals surface area contributed by atoms with Crippen molar-refractivity contribution in [3.05, 3.63) is 44.5 Å². The standard InChI is InChI=1S/C15H16N2O6/c1-8(19)16-3-2-10-11-4-9(7-18)5-14(17(22)23)12(11)6-13(10)15(20)21/h4-5,18H,2-3,6-7H2,1H3,(H,16,19)(H,20,21). The van der Waals surface area contributed by atoms with Gasteiger partial charge in [-0.25, -0.2) is 4.79 Å². The maximum Gasteiger partial charge on any atom is 0.332 e. The number of aliphatic hydroxyl groups excluding tert-OH is 1. The molecule has 0 saturated carbocycles. The van der Waals surface area contributed by atoms with E-state index in [1.807, 2.05) is 0 Å². The molecule has 1 aliphatic rings. The molecule has 0 heterocycles. The summed E-state index contributed by atoms with van der Waals surface area (Å²) in [6.45, 7) is 1.21. The van der Waals surface area contributed by atoms with Crippen LogP contribution in [0, 0.1) is 10.1 Å². The van der Waals surface area contributed by atoms with Crippen molar-refractivity contribution < 1.29 is 24.7 Å². The van der Waals surface area contributed by atoms with Crippen molar-refractivity contribution in [2.24, 2.45) is 0 Å². The second-order valence-electron chi connectivity index (χ2n) is 5.23. The number of nitrogens with one attached hydrogen (secondary N) is 1. The predicted octanol–water partition coefficient (Wildman–Crippen LogP) is 1.01. The van der Waals surface area contributed by atoms with Gasteiger partial charge in [-0.3, -0.25) is 14.9 Å². The van der Waals surface area contributed by atoms with Crippen LogP contribution >= 0.6 is 0 Å². The minimum Gasteiger partial charge on any atom is -0.478 e. The molecule has 0 aromatic heterocycles. The summed E-state index contributed by atoms with van der Waals surface area (Å²) in [5.74, 6) is -1.38. The van der Waals surface area contributed by atoms with E-state index in [0.717, 1.165) is 0 Å². The van der Waals surface area contributed by atoms with Crippen LogP contribution in [0.5, 0.6) is 0 Å².